The van der Waals surface area contributed by atoms with Gasteiger partial charge in [0.25, 0.3) is 11.1 Å². The fourth-order valence-corrected chi connectivity index (χ4v) is 3.71. The molecule has 6 heteroatoms. The molecule has 0 bridgehead atoms. The molecular weight excluding hydrogens is 423 g/mol. The Morgan fingerprint density at radius 1 is 1.13 bits per heavy atom. The fraction of sp³-hybridized carbons (Fsp3) is 0.176. The highest BCUT2D eigenvalue weighted by molar-refractivity contribution is 14.1. The highest BCUT2D eigenvalue weighted by atomic mass is 127. The molecule has 1 saturated heterocycles. The second kappa shape index (κ2) is 6.52. The fourth-order valence-electron chi connectivity index (χ4n) is 2.41. The van der Waals surface area contributed by atoms with Gasteiger partial charge in [0.15, 0.2) is 0 Å². The summed E-state index contributed by atoms with van der Waals surface area (Å²) in [7, 11) is 0. The molecule has 0 atom stereocenters. The highest BCUT2D eigenvalue weighted by Gasteiger charge is 2.36. The first-order chi connectivity index (χ1) is 11.0. The second-order valence-corrected chi connectivity index (χ2v) is 7.66. The van der Waals surface area contributed by atoms with Gasteiger partial charge in [0, 0.05) is 27.2 Å². The van der Waals surface area contributed by atoms with E-state index in [1.165, 1.54) is 4.90 Å². The van der Waals surface area contributed by atoms with Gasteiger partial charge in [0.1, 0.15) is 0 Å². The summed E-state index contributed by atoms with van der Waals surface area (Å²) in [5.41, 5.74) is 1.89. The molecule has 0 unspecified atom stereocenters. The summed E-state index contributed by atoms with van der Waals surface area (Å²) in [6.07, 6.45) is 3.73. The molecule has 1 aromatic heterocycles. The molecule has 1 fully saturated rings. The third kappa shape index (κ3) is 3.23. The lowest BCUT2D eigenvalue weighted by Crippen LogP contribution is -2.34. The van der Waals surface area contributed by atoms with E-state index >= 15 is 0 Å². The molecule has 2 aromatic rings. The molecule has 3 rings (SSSR count). The van der Waals surface area contributed by atoms with Crippen molar-refractivity contribution in [2.75, 3.05) is 0 Å². The zero-order valence-electron chi connectivity index (χ0n) is 12.7. The number of amides is 2. The van der Waals surface area contributed by atoms with E-state index in [0.717, 1.165) is 26.7 Å². The number of carbonyl (C=O) groups excluding carboxylic acids is 2. The number of imide groups is 1. The minimum atomic E-state index is -0.217. The summed E-state index contributed by atoms with van der Waals surface area (Å²) in [6.45, 7) is 3.68. The monoisotopic (exact) mass is 438 g/mol. The van der Waals surface area contributed by atoms with Gasteiger partial charge >= 0.3 is 0 Å². The summed E-state index contributed by atoms with van der Waals surface area (Å²) in [4.78, 5) is 26.1. The second-order valence-electron chi connectivity index (χ2n) is 5.42. The van der Waals surface area contributed by atoms with E-state index in [9.17, 15) is 9.59 Å². The highest BCUT2D eigenvalue weighted by Crippen LogP contribution is 2.33. The molecule has 0 radical (unpaired) electrons. The van der Waals surface area contributed by atoms with Crippen LogP contribution in [0.25, 0.3) is 11.8 Å². The van der Waals surface area contributed by atoms with Crippen molar-refractivity contribution < 1.29 is 9.59 Å². The SMILES string of the molecule is CC(C)N1C(=O)S/C(=C/c2cccn2-c2ccc(I)cc2)C1=O. The maximum absolute atomic E-state index is 12.4. The van der Waals surface area contributed by atoms with Crippen LogP contribution >= 0.6 is 34.4 Å². The summed E-state index contributed by atoms with van der Waals surface area (Å²) in [5.74, 6) is -0.217. The number of carbonyl (C=O) groups is 2. The molecule has 1 aliphatic rings. The molecule has 23 heavy (non-hydrogen) atoms. The lowest BCUT2D eigenvalue weighted by Gasteiger charge is -2.16. The molecular formula is C17H15IN2O2S. The van der Waals surface area contributed by atoms with Crippen LogP contribution in [-0.4, -0.2) is 26.7 Å². The van der Waals surface area contributed by atoms with Gasteiger partial charge in [-0.05, 0) is 90.7 Å². The quantitative estimate of drug-likeness (QED) is 0.523. The van der Waals surface area contributed by atoms with Crippen molar-refractivity contribution >= 4 is 51.6 Å². The number of hydrogen-bond donors (Lipinski definition) is 0. The van der Waals surface area contributed by atoms with Crippen molar-refractivity contribution in [2.45, 2.75) is 19.9 Å². The van der Waals surface area contributed by atoms with Gasteiger partial charge in [-0.25, -0.2) is 0 Å². The van der Waals surface area contributed by atoms with Crippen LogP contribution < -0.4 is 0 Å². The van der Waals surface area contributed by atoms with Gasteiger partial charge in [0.05, 0.1) is 4.91 Å². The third-order valence-corrected chi connectivity index (χ3v) is 5.11. The Kier molecular flexibility index (Phi) is 4.63. The lowest BCUT2D eigenvalue weighted by molar-refractivity contribution is -0.123. The molecule has 2 heterocycles. The smallest absolute Gasteiger partial charge is 0.293 e. The molecule has 1 aromatic carbocycles. The predicted octanol–water partition coefficient (Wildman–Crippen LogP) is 4.53. The molecule has 0 spiro atoms. The lowest BCUT2D eigenvalue weighted by atomic mass is 10.3. The van der Waals surface area contributed by atoms with Crippen LogP contribution in [0.3, 0.4) is 0 Å². The molecule has 0 N–H and O–H groups in total. The predicted molar refractivity (Wildman–Crippen MR) is 101 cm³/mol. The number of nitrogens with zero attached hydrogens (tertiary/aromatic N) is 2. The minimum absolute atomic E-state index is 0.128. The van der Waals surface area contributed by atoms with Crippen molar-refractivity contribution in [1.29, 1.82) is 0 Å². The first-order valence-electron chi connectivity index (χ1n) is 7.18. The average Bonchev–Trinajstić information content (AvgIpc) is 3.05. The summed E-state index contributed by atoms with van der Waals surface area (Å²) in [5, 5.41) is -0.205. The zero-order valence-corrected chi connectivity index (χ0v) is 15.7. The standard InChI is InChI=1S/C17H15IN2O2S/c1-11(2)20-16(21)15(23-17(20)22)10-14-4-3-9-19(14)13-7-5-12(18)6-8-13/h3-11H,1-2H3/b15-10+. The summed E-state index contributed by atoms with van der Waals surface area (Å²) < 4.78 is 3.16. The Balaban J connectivity index is 1.96. The van der Waals surface area contributed by atoms with E-state index in [-0.39, 0.29) is 17.2 Å². The van der Waals surface area contributed by atoms with Crippen LogP contribution in [0.4, 0.5) is 4.79 Å². The van der Waals surface area contributed by atoms with Gasteiger partial charge in [-0.2, -0.15) is 0 Å². The van der Waals surface area contributed by atoms with E-state index in [2.05, 4.69) is 22.6 Å². The largest absolute Gasteiger partial charge is 0.317 e. The Morgan fingerprint density at radius 2 is 1.83 bits per heavy atom. The van der Waals surface area contributed by atoms with Gasteiger partial charge in [0.2, 0.25) is 0 Å². The average molecular weight is 438 g/mol. The van der Waals surface area contributed by atoms with Crippen molar-refractivity contribution in [3.63, 3.8) is 0 Å². The van der Waals surface area contributed by atoms with E-state index in [1.54, 1.807) is 6.08 Å². The molecule has 2 amide bonds. The van der Waals surface area contributed by atoms with Gasteiger partial charge in [-0.1, -0.05) is 0 Å². The van der Waals surface area contributed by atoms with Crippen molar-refractivity contribution in [2.24, 2.45) is 0 Å². The van der Waals surface area contributed by atoms with E-state index < -0.39 is 0 Å². The van der Waals surface area contributed by atoms with Crippen LogP contribution in [0.5, 0.6) is 0 Å². The van der Waals surface area contributed by atoms with Gasteiger partial charge < -0.3 is 4.57 Å². The zero-order chi connectivity index (χ0) is 16.6. The number of aromatic nitrogens is 1. The van der Waals surface area contributed by atoms with Crippen LogP contribution in [-0.2, 0) is 4.79 Å². The molecule has 1 aliphatic heterocycles. The van der Waals surface area contributed by atoms with Crippen LogP contribution in [0.15, 0.2) is 47.5 Å². The summed E-state index contributed by atoms with van der Waals surface area (Å²) in [6, 6.07) is 11.9. The van der Waals surface area contributed by atoms with Gasteiger partial charge in [-0.15, -0.1) is 0 Å². The Morgan fingerprint density at radius 3 is 2.43 bits per heavy atom. The normalized spacial score (nSPS) is 16.9. The number of halogens is 1. The van der Waals surface area contributed by atoms with Crippen molar-refractivity contribution in [3.8, 4) is 5.69 Å². The Bertz CT molecular complexity index is 793. The molecule has 4 nitrogen and oxygen atoms in total. The van der Waals surface area contributed by atoms with Crippen LogP contribution in [0.1, 0.15) is 19.5 Å². The maximum atomic E-state index is 12.4. The number of benzene rings is 1. The van der Waals surface area contributed by atoms with Crippen molar-refractivity contribution in [1.82, 2.24) is 9.47 Å². The Hall–Kier alpha value is -1.54. The maximum Gasteiger partial charge on any atom is 0.293 e. The van der Waals surface area contributed by atoms with E-state index in [1.807, 2.05) is 61.0 Å². The third-order valence-electron chi connectivity index (χ3n) is 3.50. The number of hydrogen-bond acceptors (Lipinski definition) is 3. The van der Waals surface area contributed by atoms with Crippen LogP contribution in [0.2, 0.25) is 0 Å². The minimum Gasteiger partial charge on any atom is -0.317 e. The Labute approximate surface area is 152 Å². The summed E-state index contributed by atoms with van der Waals surface area (Å²) >= 11 is 3.26. The first kappa shape index (κ1) is 16.3. The molecule has 118 valence electrons. The number of rotatable bonds is 3. The van der Waals surface area contributed by atoms with Crippen molar-refractivity contribution in [3.05, 3.63) is 56.8 Å². The molecule has 0 saturated carbocycles. The van der Waals surface area contributed by atoms with Crippen LogP contribution in [0, 0.1) is 3.57 Å². The van der Waals surface area contributed by atoms with Gasteiger partial charge in [-0.3, -0.25) is 14.5 Å². The number of thioether (sulfide) groups is 1. The molecule has 0 aliphatic carbocycles. The first-order valence-corrected chi connectivity index (χ1v) is 9.07. The van der Waals surface area contributed by atoms with E-state index in [0.29, 0.717) is 4.91 Å². The topological polar surface area (TPSA) is 42.3 Å². The van der Waals surface area contributed by atoms with E-state index in [4.69, 9.17) is 0 Å².